The molecule has 0 spiro atoms. The van der Waals surface area contributed by atoms with Crippen molar-refractivity contribution in [2.24, 2.45) is 0 Å². The molecule has 1 atom stereocenters. The summed E-state index contributed by atoms with van der Waals surface area (Å²) in [7, 11) is 0. The molecule has 1 fully saturated rings. The fraction of sp³-hybridized carbons (Fsp3) is 0.400. The summed E-state index contributed by atoms with van der Waals surface area (Å²) in [5.41, 5.74) is 1.76. The third kappa shape index (κ3) is 2.69. The molecule has 0 amide bonds. The minimum Gasteiger partial charge on any atom is -0.507 e. The van der Waals surface area contributed by atoms with Crippen molar-refractivity contribution in [3.63, 3.8) is 0 Å². The quantitative estimate of drug-likeness (QED) is 0.920. The van der Waals surface area contributed by atoms with Crippen LogP contribution in [0.2, 0.25) is 0 Å². The predicted molar refractivity (Wildman–Crippen MR) is 71.8 cm³/mol. The maximum Gasteiger partial charge on any atom is 0.158 e. The van der Waals surface area contributed by atoms with Crippen LogP contribution >= 0.6 is 0 Å². The van der Waals surface area contributed by atoms with Crippen LogP contribution in [0.1, 0.15) is 24.8 Å². The van der Waals surface area contributed by atoms with Crippen molar-refractivity contribution < 1.29 is 14.6 Å². The van der Waals surface area contributed by atoms with Gasteiger partial charge in [0, 0.05) is 23.8 Å². The van der Waals surface area contributed by atoms with Crippen molar-refractivity contribution in [2.45, 2.75) is 32.2 Å². The van der Waals surface area contributed by atoms with Crippen LogP contribution in [0, 0.1) is 0 Å². The van der Waals surface area contributed by atoms with Gasteiger partial charge in [-0.1, -0.05) is 6.07 Å². The number of fused-ring (bicyclic) bond motifs is 1. The average molecular weight is 259 g/mol. The number of nitrogens with zero attached hydrogens (tertiary/aromatic N) is 1. The van der Waals surface area contributed by atoms with E-state index in [1.807, 2.05) is 18.2 Å². The van der Waals surface area contributed by atoms with Crippen molar-refractivity contribution in [2.75, 3.05) is 6.61 Å². The molecule has 1 aromatic carbocycles. The van der Waals surface area contributed by atoms with Gasteiger partial charge in [-0.3, -0.25) is 4.98 Å². The second-order valence-corrected chi connectivity index (χ2v) is 4.75. The smallest absolute Gasteiger partial charge is 0.158 e. The molecule has 100 valence electrons. The Morgan fingerprint density at radius 3 is 3.11 bits per heavy atom. The SMILES string of the molecule is Oc1ccc(CO[C@H]2CCCCO2)c2ncccc12. The first-order chi connectivity index (χ1) is 9.34. The first-order valence-electron chi connectivity index (χ1n) is 6.63. The van der Waals surface area contributed by atoms with Crippen molar-refractivity contribution in [3.05, 3.63) is 36.0 Å². The Kier molecular flexibility index (Phi) is 3.62. The predicted octanol–water partition coefficient (Wildman–Crippen LogP) is 2.98. The number of aromatic hydroxyl groups is 1. The van der Waals surface area contributed by atoms with Crippen LogP contribution in [0.25, 0.3) is 10.9 Å². The molecule has 1 aliphatic rings. The highest BCUT2D eigenvalue weighted by atomic mass is 16.7. The van der Waals surface area contributed by atoms with E-state index in [1.54, 1.807) is 12.3 Å². The number of phenolic OH excluding ortho intramolecular Hbond substituents is 1. The van der Waals surface area contributed by atoms with Crippen LogP contribution in [-0.4, -0.2) is 23.0 Å². The molecule has 4 nitrogen and oxygen atoms in total. The molecule has 1 aromatic heterocycles. The summed E-state index contributed by atoms with van der Waals surface area (Å²) >= 11 is 0. The largest absolute Gasteiger partial charge is 0.507 e. The zero-order valence-electron chi connectivity index (χ0n) is 10.7. The number of hydrogen-bond donors (Lipinski definition) is 1. The minimum atomic E-state index is -0.110. The summed E-state index contributed by atoms with van der Waals surface area (Å²) in [4.78, 5) is 4.32. The summed E-state index contributed by atoms with van der Waals surface area (Å²) < 4.78 is 11.3. The van der Waals surface area contributed by atoms with E-state index in [2.05, 4.69) is 4.98 Å². The zero-order chi connectivity index (χ0) is 13.1. The maximum absolute atomic E-state index is 9.81. The molecule has 3 rings (SSSR count). The third-order valence-corrected chi connectivity index (χ3v) is 3.39. The lowest BCUT2D eigenvalue weighted by Gasteiger charge is -2.22. The fourth-order valence-corrected chi connectivity index (χ4v) is 2.36. The van der Waals surface area contributed by atoms with Gasteiger partial charge in [-0.15, -0.1) is 0 Å². The van der Waals surface area contributed by atoms with Gasteiger partial charge in [-0.05, 0) is 37.5 Å². The first-order valence-corrected chi connectivity index (χ1v) is 6.63. The van der Waals surface area contributed by atoms with Crippen LogP contribution in [0.3, 0.4) is 0 Å². The number of benzene rings is 1. The monoisotopic (exact) mass is 259 g/mol. The van der Waals surface area contributed by atoms with E-state index in [0.717, 1.165) is 42.3 Å². The van der Waals surface area contributed by atoms with E-state index in [0.29, 0.717) is 6.61 Å². The summed E-state index contributed by atoms with van der Waals surface area (Å²) in [5.74, 6) is 0.251. The Morgan fingerprint density at radius 2 is 2.26 bits per heavy atom. The van der Waals surface area contributed by atoms with E-state index >= 15 is 0 Å². The molecule has 19 heavy (non-hydrogen) atoms. The van der Waals surface area contributed by atoms with Crippen LogP contribution < -0.4 is 0 Å². The summed E-state index contributed by atoms with van der Waals surface area (Å²) in [6.45, 7) is 1.23. The molecule has 0 radical (unpaired) electrons. The first kappa shape index (κ1) is 12.4. The molecular formula is C15H17NO3. The van der Waals surface area contributed by atoms with Gasteiger partial charge in [0.05, 0.1) is 12.1 Å². The minimum absolute atomic E-state index is 0.110. The van der Waals surface area contributed by atoms with Crippen molar-refractivity contribution >= 4 is 10.9 Å². The number of hydrogen-bond acceptors (Lipinski definition) is 4. The molecule has 1 saturated heterocycles. The van der Waals surface area contributed by atoms with Gasteiger partial charge in [-0.25, -0.2) is 0 Å². The second-order valence-electron chi connectivity index (χ2n) is 4.75. The molecule has 0 bridgehead atoms. The molecule has 0 aliphatic carbocycles. The van der Waals surface area contributed by atoms with Gasteiger partial charge in [-0.2, -0.15) is 0 Å². The normalized spacial score (nSPS) is 19.7. The Bertz CT molecular complexity index is 564. The Hall–Kier alpha value is -1.65. The van der Waals surface area contributed by atoms with Gasteiger partial charge in [0.1, 0.15) is 5.75 Å². The zero-order valence-corrected chi connectivity index (χ0v) is 10.7. The van der Waals surface area contributed by atoms with Crippen LogP contribution in [0.4, 0.5) is 0 Å². The standard InChI is InChI=1S/C15H17NO3/c17-13-7-6-11(15-12(13)4-3-8-16-15)10-19-14-5-1-2-9-18-14/h3-4,6-8,14,17H,1-2,5,9-10H2/t14-/m0/s1. The lowest BCUT2D eigenvalue weighted by Crippen LogP contribution is -2.22. The van der Waals surface area contributed by atoms with Gasteiger partial charge in [0.2, 0.25) is 0 Å². The highest BCUT2D eigenvalue weighted by Crippen LogP contribution is 2.26. The Labute approximate surface area is 112 Å². The number of ether oxygens (including phenoxy) is 2. The fourth-order valence-electron chi connectivity index (χ4n) is 2.36. The van der Waals surface area contributed by atoms with Gasteiger partial charge in [0.15, 0.2) is 6.29 Å². The van der Waals surface area contributed by atoms with E-state index in [1.165, 1.54) is 0 Å². The molecule has 0 saturated carbocycles. The number of phenols is 1. The number of aromatic nitrogens is 1. The topological polar surface area (TPSA) is 51.6 Å². The number of rotatable bonds is 3. The average Bonchev–Trinajstić information content (AvgIpc) is 2.48. The van der Waals surface area contributed by atoms with Gasteiger partial charge in [0.25, 0.3) is 0 Å². The van der Waals surface area contributed by atoms with E-state index in [4.69, 9.17) is 9.47 Å². The molecule has 4 heteroatoms. The third-order valence-electron chi connectivity index (χ3n) is 3.39. The van der Waals surface area contributed by atoms with Crippen LogP contribution in [0.15, 0.2) is 30.5 Å². The van der Waals surface area contributed by atoms with E-state index < -0.39 is 0 Å². The summed E-state index contributed by atoms with van der Waals surface area (Å²) in [5, 5.41) is 10.6. The highest BCUT2D eigenvalue weighted by molar-refractivity contribution is 5.87. The van der Waals surface area contributed by atoms with Gasteiger partial charge >= 0.3 is 0 Å². The second kappa shape index (κ2) is 5.55. The highest BCUT2D eigenvalue weighted by Gasteiger charge is 2.15. The summed E-state index contributed by atoms with van der Waals surface area (Å²) in [6.07, 6.45) is 4.83. The maximum atomic E-state index is 9.81. The molecule has 1 N–H and O–H groups in total. The van der Waals surface area contributed by atoms with Crippen LogP contribution in [-0.2, 0) is 16.1 Å². The lowest BCUT2D eigenvalue weighted by molar-refractivity contribution is -0.168. The van der Waals surface area contributed by atoms with Crippen LogP contribution in [0.5, 0.6) is 5.75 Å². The Morgan fingerprint density at radius 1 is 1.32 bits per heavy atom. The number of pyridine rings is 1. The van der Waals surface area contributed by atoms with Crippen molar-refractivity contribution in [3.8, 4) is 5.75 Å². The van der Waals surface area contributed by atoms with E-state index in [9.17, 15) is 5.11 Å². The van der Waals surface area contributed by atoms with Crippen molar-refractivity contribution in [1.29, 1.82) is 0 Å². The molecule has 2 aromatic rings. The molecule has 1 aliphatic heterocycles. The Balaban J connectivity index is 1.79. The molecule has 0 unspecified atom stereocenters. The molecular weight excluding hydrogens is 242 g/mol. The van der Waals surface area contributed by atoms with E-state index in [-0.39, 0.29) is 12.0 Å². The summed E-state index contributed by atoms with van der Waals surface area (Å²) in [6, 6.07) is 7.22. The van der Waals surface area contributed by atoms with Gasteiger partial charge < -0.3 is 14.6 Å². The van der Waals surface area contributed by atoms with Crippen molar-refractivity contribution in [1.82, 2.24) is 4.98 Å². The molecule has 2 heterocycles. The lowest BCUT2D eigenvalue weighted by atomic mass is 10.1.